The molecule has 0 saturated heterocycles. The lowest BCUT2D eigenvalue weighted by atomic mass is 10.1. The maximum absolute atomic E-state index is 12.0. The first-order valence-electron chi connectivity index (χ1n) is 7.96. The van der Waals surface area contributed by atoms with Gasteiger partial charge in [-0.3, -0.25) is 0 Å². The lowest BCUT2D eigenvalue weighted by Crippen LogP contribution is -2.11. The van der Waals surface area contributed by atoms with Gasteiger partial charge in [-0.05, 0) is 50.3 Å². The number of furan rings is 1. The van der Waals surface area contributed by atoms with E-state index in [1.165, 1.54) is 36.6 Å². The maximum atomic E-state index is 12.0. The van der Waals surface area contributed by atoms with Gasteiger partial charge >= 0.3 is 17.9 Å². The molecule has 2 aromatic rings. The van der Waals surface area contributed by atoms with Crippen LogP contribution in [0.15, 0.2) is 47.1 Å². The van der Waals surface area contributed by atoms with Gasteiger partial charge in [-0.25, -0.2) is 14.4 Å². The molecule has 136 valence electrons. The molecule has 7 heteroatoms. The van der Waals surface area contributed by atoms with Gasteiger partial charge in [0.1, 0.15) is 11.5 Å². The summed E-state index contributed by atoms with van der Waals surface area (Å²) in [6.45, 7) is 3.66. The number of esters is 3. The molecule has 26 heavy (non-hydrogen) atoms. The Kier molecular flexibility index (Phi) is 6.73. The second kappa shape index (κ2) is 9.22. The zero-order chi connectivity index (χ0) is 18.9. The molecular formula is C19H18O7. The van der Waals surface area contributed by atoms with Gasteiger partial charge in [0.25, 0.3) is 0 Å². The van der Waals surface area contributed by atoms with Crippen molar-refractivity contribution in [2.75, 3.05) is 13.2 Å². The molecule has 2 rings (SSSR count). The Morgan fingerprint density at radius 3 is 2.12 bits per heavy atom. The van der Waals surface area contributed by atoms with Crippen LogP contribution in [0.3, 0.4) is 0 Å². The van der Waals surface area contributed by atoms with Crippen molar-refractivity contribution in [3.8, 4) is 5.75 Å². The van der Waals surface area contributed by atoms with E-state index in [4.69, 9.17) is 18.6 Å². The van der Waals surface area contributed by atoms with E-state index in [1.54, 1.807) is 26.0 Å². The standard InChI is InChI=1S/C19H18O7/c1-3-23-18(21)13-10-14(19(22)24-4-2)12-16(11-13)26-17(20)8-7-15-6-5-9-25-15/h5-12H,3-4H2,1-2H3/b8-7+. The zero-order valence-electron chi connectivity index (χ0n) is 14.4. The van der Waals surface area contributed by atoms with Crippen molar-refractivity contribution in [1.29, 1.82) is 0 Å². The number of ether oxygens (including phenoxy) is 3. The van der Waals surface area contributed by atoms with Crippen molar-refractivity contribution < 1.29 is 33.0 Å². The van der Waals surface area contributed by atoms with Crippen molar-refractivity contribution in [3.05, 3.63) is 59.6 Å². The summed E-state index contributed by atoms with van der Waals surface area (Å²) in [4.78, 5) is 35.8. The average molecular weight is 358 g/mol. The molecule has 0 unspecified atom stereocenters. The third kappa shape index (κ3) is 5.34. The highest BCUT2D eigenvalue weighted by molar-refractivity contribution is 5.96. The first-order valence-corrected chi connectivity index (χ1v) is 7.96. The third-order valence-electron chi connectivity index (χ3n) is 3.07. The van der Waals surface area contributed by atoms with Crippen LogP contribution < -0.4 is 4.74 Å². The van der Waals surface area contributed by atoms with Crippen LogP contribution in [0.25, 0.3) is 6.08 Å². The Morgan fingerprint density at radius 1 is 1.00 bits per heavy atom. The van der Waals surface area contributed by atoms with E-state index in [2.05, 4.69) is 0 Å². The number of carbonyl (C=O) groups is 3. The number of benzene rings is 1. The quantitative estimate of drug-likeness (QED) is 0.426. The molecule has 1 heterocycles. The minimum atomic E-state index is -0.697. The molecule has 0 atom stereocenters. The van der Waals surface area contributed by atoms with Gasteiger partial charge in [-0.2, -0.15) is 0 Å². The Labute approximate surface area is 150 Å². The van der Waals surface area contributed by atoms with E-state index in [1.807, 2.05) is 0 Å². The van der Waals surface area contributed by atoms with Crippen LogP contribution in [0.2, 0.25) is 0 Å². The highest BCUT2D eigenvalue weighted by Crippen LogP contribution is 2.20. The highest BCUT2D eigenvalue weighted by Gasteiger charge is 2.16. The van der Waals surface area contributed by atoms with Crippen LogP contribution in [0.5, 0.6) is 5.75 Å². The van der Waals surface area contributed by atoms with E-state index in [0.717, 1.165) is 0 Å². The summed E-state index contributed by atoms with van der Waals surface area (Å²) >= 11 is 0. The fourth-order valence-electron chi connectivity index (χ4n) is 2.01. The van der Waals surface area contributed by atoms with Crippen molar-refractivity contribution in [2.45, 2.75) is 13.8 Å². The number of rotatable bonds is 7. The summed E-state index contributed by atoms with van der Waals surface area (Å²) < 4.78 is 20.1. The van der Waals surface area contributed by atoms with E-state index in [0.29, 0.717) is 5.76 Å². The monoisotopic (exact) mass is 358 g/mol. The van der Waals surface area contributed by atoms with Gasteiger partial charge in [0.05, 0.1) is 30.6 Å². The molecule has 0 aliphatic heterocycles. The Balaban J connectivity index is 2.23. The minimum Gasteiger partial charge on any atom is -0.465 e. The van der Waals surface area contributed by atoms with Gasteiger partial charge in [0, 0.05) is 6.08 Å². The molecular weight excluding hydrogens is 340 g/mol. The Morgan fingerprint density at radius 2 is 1.62 bits per heavy atom. The molecule has 1 aromatic carbocycles. The minimum absolute atomic E-state index is 0.0210. The SMILES string of the molecule is CCOC(=O)c1cc(OC(=O)/C=C/c2ccco2)cc(C(=O)OCC)c1. The molecule has 1 aromatic heterocycles. The smallest absolute Gasteiger partial charge is 0.338 e. The third-order valence-corrected chi connectivity index (χ3v) is 3.07. The van der Waals surface area contributed by atoms with Crippen LogP contribution in [0, 0.1) is 0 Å². The molecule has 0 amide bonds. The molecule has 0 bridgehead atoms. The van der Waals surface area contributed by atoms with E-state index >= 15 is 0 Å². The van der Waals surface area contributed by atoms with E-state index < -0.39 is 17.9 Å². The molecule has 0 spiro atoms. The van der Waals surface area contributed by atoms with Gasteiger partial charge in [0.15, 0.2) is 0 Å². The number of hydrogen-bond donors (Lipinski definition) is 0. The van der Waals surface area contributed by atoms with E-state index in [9.17, 15) is 14.4 Å². The summed E-state index contributed by atoms with van der Waals surface area (Å²) in [6.07, 6.45) is 4.07. The maximum Gasteiger partial charge on any atom is 0.338 e. The van der Waals surface area contributed by atoms with Crippen molar-refractivity contribution in [2.24, 2.45) is 0 Å². The topological polar surface area (TPSA) is 92.0 Å². The first kappa shape index (κ1) is 19.0. The predicted molar refractivity (Wildman–Crippen MR) is 91.7 cm³/mol. The summed E-state index contributed by atoms with van der Waals surface area (Å²) in [6, 6.07) is 7.31. The van der Waals surface area contributed by atoms with Crippen molar-refractivity contribution in [1.82, 2.24) is 0 Å². The summed E-state index contributed by atoms with van der Waals surface area (Å²) in [5.41, 5.74) is 0.158. The van der Waals surface area contributed by atoms with Gasteiger partial charge in [-0.15, -0.1) is 0 Å². The van der Waals surface area contributed by atoms with Crippen molar-refractivity contribution in [3.63, 3.8) is 0 Å². The van der Waals surface area contributed by atoms with Crippen LogP contribution in [-0.4, -0.2) is 31.1 Å². The molecule has 0 saturated carbocycles. The van der Waals surface area contributed by atoms with Crippen molar-refractivity contribution >= 4 is 24.0 Å². The van der Waals surface area contributed by atoms with Crippen LogP contribution in [-0.2, 0) is 14.3 Å². The molecule has 0 radical (unpaired) electrons. The Bertz CT molecular complexity index is 767. The molecule has 7 nitrogen and oxygen atoms in total. The number of hydrogen-bond acceptors (Lipinski definition) is 7. The second-order valence-electron chi connectivity index (χ2n) is 4.96. The van der Waals surface area contributed by atoms with Crippen LogP contribution in [0.1, 0.15) is 40.3 Å². The summed E-state index contributed by atoms with van der Waals surface area (Å²) in [7, 11) is 0. The second-order valence-corrected chi connectivity index (χ2v) is 4.96. The van der Waals surface area contributed by atoms with Crippen LogP contribution >= 0.6 is 0 Å². The molecule has 0 fully saturated rings. The van der Waals surface area contributed by atoms with Gasteiger partial charge < -0.3 is 18.6 Å². The fourth-order valence-corrected chi connectivity index (χ4v) is 2.01. The van der Waals surface area contributed by atoms with Gasteiger partial charge in [0.2, 0.25) is 0 Å². The predicted octanol–water partition coefficient (Wildman–Crippen LogP) is 3.25. The molecule has 0 aliphatic carbocycles. The molecule has 0 N–H and O–H groups in total. The Hall–Kier alpha value is -3.35. The largest absolute Gasteiger partial charge is 0.465 e. The highest BCUT2D eigenvalue weighted by atomic mass is 16.5. The fraction of sp³-hybridized carbons (Fsp3) is 0.211. The summed E-state index contributed by atoms with van der Waals surface area (Å²) in [5.74, 6) is -1.47. The lowest BCUT2D eigenvalue weighted by molar-refractivity contribution is -0.128. The lowest BCUT2D eigenvalue weighted by Gasteiger charge is -2.09. The summed E-state index contributed by atoms with van der Waals surface area (Å²) in [5, 5.41) is 0. The van der Waals surface area contributed by atoms with Gasteiger partial charge in [-0.1, -0.05) is 0 Å². The van der Waals surface area contributed by atoms with Crippen LogP contribution in [0.4, 0.5) is 0 Å². The normalized spacial score (nSPS) is 10.5. The average Bonchev–Trinajstić information content (AvgIpc) is 3.13. The number of carbonyl (C=O) groups excluding carboxylic acids is 3. The zero-order valence-corrected chi connectivity index (χ0v) is 14.4. The van der Waals surface area contributed by atoms with E-state index in [-0.39, 0.29) is 30.1 Å². The first-order chi connectivity index (χ1) is 12.5. The molecule has 0 aliphatic rings.